The Bertz CT molecular complexity index is 567. The summed E-state index contributed by atoms with van der Waals surface area (Å²) in [4.78, 5) is 0. The van der Waals surface area contributed by atoms with Crippen LogP contribution in [0.15, 0.2) is 48.5 Å². The molecule has 0 unspecified atom stereocenters. The number of rotatable bonds is 3. The van der Waals surface area contributed by atoms with Gasteiger partial charge in [-0.05, 0) is 18.5 Å². The minimum Gasteiger partial charge on any atom is -0.166 e. The predicted octanol–water partition coefficient (Wildman–Crippen LogP) is 3.89. The maximum absolute atomic E-state index is 12.6. The van der Waals surface area contributed by atoms with E-state index in [0.29, 0.717) is 16.9 Å². The molecular formula is C14H10BClF3. The molecule has 19 heavy (non-hydrogen) atoms. The molecule has 0 saturated carbocycles. The van der Waals surface area contributed by atoms with Gasteiger partial charge in [-0.3, -0.25) is 0 Å². The van der Waals surface area contributed by atoms with Gasteiger partial charge in [-0.25, -0.2) is 0 Å². The molecule has 2 rings (SSSR count). The summed E-state index contributed by atoms with van der Waals surface area (Å²) in [6, 6.07) is 12.5. The van der Waals surface area contributed by atoms with Crippen LogP contribution in [0.3, 0.4) is 0 Å². The Morgan fingerprint density at radius 2 is 1.74 bits per heavy atom. The number of alkyl halides is 3. The summed E-state index contributed by atoms with van der Waals surface area (Å²) in [5.74, 6) is 0. The Balaban J connectivity index is 2.10. The van der Waals surface area contributed by atoms with E-state index in [1.54, 1.807) is 12.1 Å². The highest BCUT2D eigenvalue weighted by atomic mass is 35.5. The third-order valence-electron chi connectivity index (χ3n) is 2.72. The van der Waals surface area contributed by atoms with Crippen molar-refractivity contribution in [2.75, 3.05) is 0 Å². The lowest BCUT2D eigenvalue weighted by molar-refractivity contribution is -0.137. The molecule has 1 radical (unpaired) electrons. The molecule has 0 aromatic heterocycles. The van der Waals surface area contributed by atoms with E-state index in [4.69, 9.17) is 11.6 Å². The molecule has 0 aliphatic rings. The van der Waals surface area contributed by atoms with Crippen molar-refractivity contribution in [3.05, 3.63) is 64.7 Å². The smallest absolute Gasteiger partial charge is 0.166 e. The van der Waals surface area contributed by atoms with Crippen LogP contribution in [0.5, 0.6) is 0 Å². The lowest BCUT2D eigenvalue weighted by Crippen LogP contribution is -2.18. The first kappa shape index (κ1) is 14.0. The van der Waals surface area contributed by atoms with Gasteiger partial charge in [-0.15, -0.1) is 0 Å². The third-order valence-corrected chi connectivity index (χ3v) is 3.06. The van der Waals surface area contributed by atoms with Crippen LogP contribution in [0.25, 0.3) is 0 Å². The molecule has 0 fully saturated rings. The van der Waals surface area contributed by atoms with Crippen molar-refractivity contribution in [3.63, 3.8) is 0 Å². The number of benzene rings is 2. The van der Waals surface area contributed by atoms with Crippen molar-refractivity contribution in [1.29, 1.82) is 0 Å². The minimum atomic E-state index is -4.31. The highest BCUT2D eigenvalue weighted by molar-refractivity contribution is 6.58. The van der Waals surface area contributed by atoms with Crippen LogP contribution in [-0.4, -0.2) is 7.28 Å². The Morgan fingerprint density at radius 3 is 2.42 bits per heavy atom. The Labute approximate surface area is 115 Å². The molecule has 0 atom stereocenters. The van der Waals surface area contributed by atoms with Gasteiger partial charge in [-0.2, -0.15) is 13.2 Å². The van der Waals surface area contributed by atoms with Crippen LogP contribution in [0.4, 0.5) is 13.2 Å². The van der Waals surface area contributed by atoms with Crippen LogP contribution in [0.1, 0.15) is 11.1 Å². The van der Waals surface area contributed by atoms with Crippen molar-refractivity contribution in [2.24, 2.45) is 0 Å². The highest BCUT2D eigenvalue weighted by Crippen LogP contribution is 2.29. The molecule has 5 heteroatoms. The summed E-state index contributed by atoms with van der Waals surface area (Å²) in [7, 11) is 1.82. The van der Waals surface area contributed by atoms with E-state index in [2.05, 4.69) is 0 Å². The second kappa shape index (κ2) is 5.70. The van der Waals surface area contributed by atoms with Crippen LogP contribution < -0.4 is 5.46 Å². The van der Waals surface area contributed by atoms with Gasteiger partial charge in [0.15, 0.2) is 7.28 Å². The molecule has 0 amide bonds. The van der Waals surface area contributed by atoms with E-state index in [1.807, 2.05) is 25.5 Å². The van der Waals surface area contributed by atoms with E-state index in [1.165, 1.54) is 6.07 Å². The lowest BCUT2D eigenvalue weighted by Gasteiger charge is -2.08. The molecule has 0 aliphatic carbocycles. The molecule has 0 saturated heterocycles. The average molecular weight is 281 g/mol. The summed E-state index contributed by atoms with van der Waals surface area (Å²) >= 11 is 5.98. The predicted molar refractivity (Wildman–Crippen MR) is 72.0 cm³/mol. The van der Waals surface area contributed by atoms with Crippen molar-refractivity contribution in [2.45, 2.75) is 12.5 Å². The van der Waals surface area contributed by atoms with E-state index < -0.39 is 11.7 Å². The first-order chi connectivity index (χ1) is 8.97. The second-order valence-corrected chi connectivity index (χ2v) is 4.54. The van der Waals surface area contributed by atoms with Crippen LogP contribution in [-0.2, 0) is 12.5 Å². The van der Waals surface area contributed by atoms with E-state index in [-0.39, 0.29) is 0 Å². The van der Waals surface area contributed by atoms with Crippen molar-refractivity contribution < 1.29 is 13.2 Å². The SMILES string of the molecule is FC(F)(F)c1cccc(C[B]c2ccccc2Cl)c1. The molecule has 0 heterocycles. The van der Waals surface area contributed by atoms with Crippen molar-refractivity contribution >= 4 is 24.3 Å². The molecule has 0 bridgehead atoms. The monoisotopic (exact) mass is 281 g/mol. The normalized spacial score (nSPS) is 11.4. The molecular weight excluding hydrogens is 271 g/mol. The Morgan fingerprint density at radius 1 is 1.00 bits per heavy atom. The molecule has 0 nitrogen and oxygen atoms in total. The fourth-order valence-corrected chi connectivity index (χ4v) is 1.96. The van der Waals surface area contributed by atoms with Gasteiger partial charge in [-0.1, -0.05) is 59.0 Å². The van der Waals surface area contributed by atoms with E-state index >= 15 is 0 Å². The summed E-state index contributed by atoms with van der Waals surface area (Å²) in [6.07, 6.45) is -3.89. The molecule has 2 aromatic carbocycles. The minimum absolute atomic E-state index is 0.410. The van der Waals surface area contributed by atoms with Crippen LogP contribution in [0.2, 0.25) is 5.02 Å². The standard InChI is InChI=1S/C14H10BClF3/c16-13-7-2-1-6-12(13)15-9-10-4-3-5-11(8-10)14(17,18)19/h1-8H,9H2. The fourth-order valence-electron chi connectivity index (χ4n) is 1.74. The number of halogens is 4. The van der Waals surface area contributed by atoms with Crippen LogP contribution >= 0.6 is 11.6 Å². The topological polar surface area (TPSA) is 0 Å². The van der Waals surface area contributed by atoms with Gasteiger partial charge in [0.1, 0.15) is 0 Å². The average Bonchev–Trinajstić information content (AvgIpc) is 2.37. The zero-order chi connectivity index (χ0) is 13.9. The Kier molecular flexibility index (Phi) is 4.20. The maximum Gasteiger partial charge on any atom is 0.416 e. The first-order valence-electron chi connectivity index (χ1n) is 5.71. The van der Waals surface area contributed by atoms with Crippen LogP contribution in [0, 0.1) is 0 Å². The summed E-state index contributed by atoms with van der Waals surface area (Å²) in [6.45, 7) is 0. The summed E-state index contributed by atoms with van der Waals surface area (Å²) in [5, 5.41) is 0.592. The second-order valence-electron chi connectivity index (χ2n) is 4.13. The van der Waals surface area contributed by atoms with E-state index in [9.17, 15) is 13.2 Å². The van der Waals surface area contributed by atoms with Gasteiger partial charge < -0.3 is 0 Å². The van der Waals surface area contributed by atoms with Crippen molar-refractivity contribution in [1.82, 2.24) is 0 Å². The highest BCUT2D eigenvalue weighted by Gasteiger charge is 2.30. The zero-order valence-corrected chi connectivity index (χ0v) is 10.7. The molecule has 97 valence electrons. The largest absolute Gasteiger partial charge is 0.416 e. The van der Waals surface area contributed by atoms with Gasteiger partial charge >= 0.3 is 6.18 Å². The van der Waals surface area contributed by atoms with Gasteiger partial charge in [0.25, 0.3) is 0 Å². The fraction of sp³-hybridized carbons (Fsp3) is 0.143. The third kappa shape index (κ3) is 3.77. The maximum atomic E-state index is 12.6. The first-order valence-corrected chi connectivity index (χ1v) is 6.08. The van der Waals surface area contributed by atoms with Gasteiger partial charge in [0.2, 0.25) is 0 Å². The number of hydrogen-bond donors (Lipinski definition) is 0. The quantitative estimate of drug-likeness (QED) is 0.749. The molecule has 0 aliphatic heterocycles. The number of hydrogen-bond acceptors (Lipinski definition) is 0. The Hall–Kier alpha value is -1.42. The molecule has 0 spiro atoms. The summed E-state index contributed by atoms with van der Waals surface area (Å²) < 4.78 is 37.7. The lowest BCUT2D eigenvalue weighted by atomic mass is 9.65. The van der Waals surface area contributed by atoms with Gasteiger partial charge in [0, 0.05) is 5.02 Å². The zero-order valence-electron chi connectivity index (χ0n) is 9.92. The van der Waals surface area contributed by atoms with E-state index in [0.717, 1.165) is 17.6 Å². The molecule has 0 N–H and O–H groups in total. The molecule has 2 aromatic rings. The van der Waals surface area contributed by atoms with Crippen molar-refractivity contribution in [3.8, 4) is 0 Å². The van der Waals surface area contributed by atoms with Gasteiger partial charge in [0.05, 0.1) is 5.56 Å². The summed E-state index contributed by atoms with van der Waals surface area (Å²) in [5.41, 5.74) is 0.800.